The van der Waals surface area contributed by atoms with Crippen molar-refractivity contribution in [2.24, 2.45) is 0 Å². The highest BCUT2D eigenvalue weighted by Crippen LogP contribution is 2.29. The Morgan fingerprint density at radius 1 is 1.42 bits per heavy atom. The molecule has 7 heteroatoms. The Bertz CT molecular complexity index is 406. The van der Waals surface area contributed by atoms with Gasteiger partial charge in [-0.05, 0) is 25.0 Å². The van der Waals surface area contributed by atoms with Crippen LogP contribution in [0.3, 0.4) is 0 Å². The number of aliphatic hydroxyl groups is 1. The Kier molecular flexibility index (Phi) is 4.70. The molecule has 1 aliphatic carbocycles. The Morgan fingerprint density at radius 3 is 2.63 bits per heavy atom. The lowest BCUT2D eigenvalue weighted by molar-refractivity contribution is -0.137. The second-order valence-electron chi connectivity index (χ2n) is 4.51. The van der Waals surface area contributed by atoms with Crippen molar-refractivity contribution in [3.8, 4) is 0 Å². The first-order valence-corrected chi connectivity index (χ1v) is 7.00. The molecule has 0 spiro atoms. The molecule has 3 nitrogen and oxygen atoms in total. The van der Waals surface area contributed by atoms with Gasteiger partial charge in [-0.1, -0.05) is 0 Å². The van der Waals surface area contributed by atoms with E-state index in [1.165, 1.54) is 17.8 Å². The molecule has 0 bridgehead atoms. The number of aliphatic hydroxyl groups excluding tert-OH is 1. The van der Waals surface area contributed by atoms with E-state index in [4.69, 9.17) is 0 Å². The van der Waals surface area contributed by atoms with Gasteiger partial charge in [-0.2, -0.15) is 13.2 Å². The number of aromatic nitrogens is 1. The van der Waals surface area contributed by atoms with Gasteiger partial charge in [0, 0.05) is 24.0 Å². The van der Waals surface area contributed by atoms with E-state index in [2.05, 4.69) is 10.3 Å². The fourth-order valence-corrected chi connectivity index (χ4v) is 2.42. The molecule has 19 heavy (non-hydrogen) atoms. The van der Waals surface area contributed by atoms with Gasteiger partial charge in [-0.3, -0.25) is 0 Å². The van der Waals surface area contributed by atoms with E-state index in [9.17, 15) is 18.3 Å². The summed E-state index contributed by atoms with van der Waals surface area (Å²) >= 11 is 1.34. The van der Waals surface area contributed by atoms with Gasteiger partial charge in [-0.15, -0.1) is 11.8 Å². The summed E-state index contributed by atoms with van der Waals surface area (Å²) in [6.45, 7) is 0.0180. The highest BCUT2D eigenvalue weighted by atomic mass is 32.2. The number of pyridine rings is 1. The Hall–Kier alpha value is -0.790. The third-order valence-corrected chi connectivity index (χ3v) is 3.87. The normalized spacial score (nSPS) is 17.5. The molecule has 0 amide bonds. The van der Waals surface area contributed by atoms with Gasteiger partial charge in [0.25, 0.3) is 0 Å². The maximum absolute atomic E-state index is 12.3. The predicted molar refractivity (Wildman–Crippen MR) is 67.0 cm³/mol. The van der Waals surface area contributed by atoms with Crippen LogP contribution in [0.2, 0.25) is 0 Å². The topological polar surface area (TPSA) is 45.2 Å². The van der Waals surface area contributed by atoms with E-state index in [0.717, 1.165) is 25.1 Å². The van der Waals surface area contributed by atoms with Crippen LogP contribution in [0.15, 0.2) is 23.4 Å². The lowest BCUT2D eigenvalue weighted by Gasteiger charge is -2.15. The van der Waals surface area contributed by atoms with Gasteiger partial charge in [0.15, 0.2) is 0 Å². The highest BCUT2D eigenvalue weighted by molar-refractivity contribution is 7.99. The molecule has 1 unspecified atom stereocenters. The zero-order chi connectivity index (χ0) is 13.9. The molecule has 1 aromatic rings. The second-order valence-corrected chi connectivity index (χ2v) is 5.55. The summed E-state index contributed by atoms with van der Waals surface area (Å²) in [6.07, 6.45) is -1.26. The number of rotatable bonds is 6. The van der Waals surface area contributed by atoms with E-state index in [1.54, 1.807) is 0 Å². The first-order chi connectivity index (χ1) is 8.99. The molecule has 106 valence electrons. The third-order valence-electron chi connectivity index (χ3n) is 2.77. The maximum atomic E-state index is 12.3. The average molecular weight is 292 g/mol. The van der Waals surface area contributed by atoms with Crippen LogP contribution in [-0.4, -0.2) is 34.5 Å². The third kappa shape index (κ3) is 4.67. The number of halogens is 3. The van der Waals surface area contributed by atoms with Crippen LogP contribution in [0.5, 0.6) is 0 Å². The van der Waals surface area contributed by atoms with Crippen molar-refractivity contribution < 1.29 is 18.3 Å². The zero-order valence-electron chi connectivity index (χ0n) is 10.2. The van der Waals surface area contributed by atoms with Gasteiger partial charge in [0.1, 0.15) is 0 Å². The van der Waals surface area contributed by atoms with Crippen molar-refractivity contribution in [2.45, 2.75) is 36.1 Å². The summed E-state index contributed by atoms with van der Waals surface area (Å²) in [5.74, 6) is 0.589. The van der Waals surface area contributed by atoms with Crippen molar-refractivity contribution in [1.29, 1.82) is 0 Å². The van der Waals surface area contributed by atoms with E-state index >= 15 is 0 Å². The fourth-order valence-electron chi connectivity index (χ4n) is 1.56. The zero-order valence-corrected chi connectivity index (χ0v) is 11.0. The van der Waals surface area contributed by atoms with Crippen molar-refractivity contribution in [3.05, 3.63) is 23.9 Å². The molecule has 1 fully saturated rings. The Labute approximate surface area is 113 Å². The molecule has 2 rings (SSSR count). The molecule has 0 aromatic carbocycles. The molecular formula is C12H15F3N2OS. The highest BCUT2D eigenvalue weighted by Gasteiger charge is 2.30. The first-order valence-electron chi connectivity index (χ1n) is 6.02. The molecule has 0 aliphatic heterocycles. The monoisotopic (exact) mass is 292 g/mol. The largest absolute Gasteiger partial charge is 0.417 e. The summed E-state index contributed by atoms with van der Waals surface area (Å²) in [4.78, 5) is 3.78. The lowest BCUT2D eigenvalue weighted by Crippen LogP contribution is -2.36. The minimum Gasteiger partial charge on any atom is -0.395 e. The molecule has 2 N–H and O–H groups in total. The van der Waals surface area contributed by atoms with E-state index in [-0.39, 0.29) is 12.6 Å². The summed E-state index contributed by atoms with van der Waals surface area (Å²) in [7, 11) is 0. The molecule has 1 heterocycles. The van der Waals surface area contributed by atoms with Crippen molar-refractivity contribution in [1.82, 2.24) is 10.3 Å². The van der Waals surface area contributed by atoms with E-state index in [1.807, 2.05) is 0 Å². The van der Waals surface area contributed by atoms with Gasteiger partial charge in [-0.25, -0.2) is 4.98 Å². The molecule has 1 saturated carbocycles. The van der Waals surface area contributed by atoms with Crippen molar-refractivity contribution in [2.75, 3.05) is 12.4 Å². The van der Waals surface area contributed by atoms with Crippen LogP contribution in [0.4, 0.5) is 13.2 Å². The average Bonchev–Trinajstić information content (AvgIpc) is 3.18. The lowest BCUT2D eigenvalue weighted by atomic mass is 10.3. The smallest absolute Gasteiger partial charge is 0.395 e. The first kappa shape index (κ1) is 14.6. The van der Waals surface area contributed by atoms with Crippen LogP contribution >= 0.6 is 11.8 Å². The van der Waals surface area contributed by atoms with Gasteiger partial charge >= 0.3 is 6.18 Å². The fraction of sp³-hybridized carbons (Fsp3) is 0.583. The maximum Gasteiger partial charge on any atom is 0.417 e. The van der Waals surface area contributed by atoms with Gasteiger partial charge < -0.3 is 10.4 Å². The molecule has 1 atom stereocenters. The van der Waals surface area contributed by atoms with E-state index in [0.29, 0.717) is 16.8 Å². The number of hydrogen-bond donors (Lipinski definition) is 2. The van der Waals surface area contributed by atoms with Crippen molar-refractivity contribution in [3.63, 3.8) is 0 Å². The number of nitrogens with one attached hydrogen (secondary N) is 1. The quantitative estimate of drug-likeness (QED) is 0.790. The minimum atomic E-state index is -4.35. The van der Waals surface area contributed by atoms with Gasteiger partial charge in [0.2, 0.25) is 0 Å². The Balaban J connectivity index is 1.84. The molecule has 0 radical (unpaired) electrons. The number of thioether (sulfide) groups is 1. The predicted octanol–water partition coefficient (Wildman–Crippen LogP) is 2.31. The summed E-state index contributed by atoms with van der Waals surface area (Å²) in [5, 5.41) is 13.0. The van der Waals surface area contributed by atoms with Crippen LogP contribution in [0.25, 0.3) is 0 Å². The minimum absolute atomic E-state index is 0.0180. The number of nitrogens with zero attached hydrogens (tertiary/aromatic N) is 1. The number of hydrogen-bond acceptors (Lipinski definition) is 4. The Morgan fingerprint density at radius 2 is 2.16 bits per heavy atom. The van der Waals surface area contributed by atoms with Crippen molar-refractivity contribution >= 4 is 11.8 Å². The molecule has 1 aromatic heterocycles. The molecule has 1 aliphatic rings. The van der Waals surface area contributed by atoms with Crippen LogP contribution in [0, 0.1) is 0 Å². The standard InChI is InChI=1S/C12H15F3N2OS/c13-12(14,15)8-1-4-11(16-5-8)19-7-10(6-18)17-9-2-3-9/h1,4-5,9-10,17-18H,2-3,6-7H2. The van der Waals surface area contributed by atoms with Crippen LogP contribution < -0.4 is 5.32 Å². The molecular weight excluding hydrogens is 277 g/mol. The van der Waals surface area contributed by atoms with Crippen LogP contribution in [0.1, 0.15) is 18.4 Å². The summed E-state index contributed by atoms with van der Waals surface area (Å²) < 4.78 is 37.0. The molecule has 0 saturated heterocycles. The van der Waals surface area contributed by atoms with E-state index < -0.39 is 11.7 Å². The second kappa shape index (κ2) is 6.11. The summed E-state index contributed by atoms with van der Waals surface area (Å²) in [6, 6.07) is 2.83. The van der Waals surface area contributed by atoms with Gasteiger partial charge in [0.05, 0.1) is 17.2 Å². The van der Waals surface area contributed by atoms with Crippen LogP contribution in [-0.2, 0) is 6.18 Å². The summed E-state index contributed by atoms with van der Waals surface area (Å²) in [5.41, 5.74) is -0.744. The number of alkyl halides is 3. The SMILES string of the molecule is OCC(CSc1ccc(C(F)(F)F)cn1)NC1CC1.